The summed E-state index contributed by atoms with van der Waals surface area (Å²) in [5, 5.41) is 14.5. The highest BCUT2D eigenvalue weighted by Crippen LogP contribution is 2.24. The van der Waals surface area contributed by atoms with Crippen LogP contribution in [0.15, 0.2) is 5.10 Å². The molecular weight excluding hydrogens is 632 g/mol. The maximum Gasteiger partial charge on any atom is 0.324 e. The average molecular weight is 696 g/mol. The molecule has 1 saturated heterocycles. The number of carbonyl (C=O) groups is 5. The molecule has 2 aliphatic heterocycles. The Morgan fingerprint density at radius 1 is 1.00 bits per heavy atom. The molecule has 2 heterocycles. The second kappa shape index (κ2) is 19.4. The topological polar surface area (TPSA) is 162 Å². The fraction of sp³-hybridized carbons (Fsp3) is 0.824. The van der Waals surface area contributed by atoms with Gasteiger partial charge in [-0.1, -0.05) is 41.5 Å². The minimum absolute atomic E-state index is 0.0716. The number of carbonyl (C=O) groups excluding carboxylic acids is 5. The predicted molar refractivity (Wildman–Crippen MR) is 187 cm³/mol. The van der Waals surface area contributed by atoms with Crippen molar-refractivity contribution in [2.45, 2.75) is 67.0 Å². The zero-order valence-electron chi connectivity index (χ0n) is 31.5. The van der Waals surface area contributed by atoms with Gasteiger partial charge in [-0.3, -0.25) is 38.3 Å². The van der Waals surface area contributed by atoms with Crippen LogP contribution in [0, 0.1) is 10.8 Å². The van der Waals surface area contributed by atoms with E-state index in [2.05, 4.69) is 21.1 Å². The van der Waals surface area contributed by atoms with Gasteiger partial charge in [-0.25, -0.2) is 5.01 Å². The van der Waals surface area contributed by atoms with Crippen molar-refractivity contribution in [3.05, 3.63) is 0 Å². The molecule has 1 fully saturated rings. The van der Waals surface area contributed by atoms with E-state index in [1.807, 2.05) is 72.5 Å². The number of nitrogens with zero attached hydrogens (tertiary/aromatic N) is 5. The number of likely N-dealkylation sites (tertiary alicyclic amines) is 1. The second-order valence-corrected chi connectivity index (χ2v) is 15.3. The minimum Gasteiger partial charge on any atom is -0.411 e. The Morgan fingerprint density at radius 2 is 1.63 bits per heavy atom. The van der Waals surface area contributed by atoms with Crippen LogP contribution in [0.2, 0.25) is 0 Å². The summed E-state index contributed by atoms with van der Waals surface area (Å²) >= 11 is 0. The van der Waals surface area contributed by atoms with E-state index in [-0.39, 0.29) is 72.8 Å². The van der Waals surface area contributed by atoms with Crippen molar-refractivity contribution in [2.24, 2.45) is 15.9 Å². The Bertz CT molecular complexity index is 1180. The van der Waals surface area contributed by atoms with Crippen molar-refractivity contribution in [1.82, 2.24) is 30.8 Å². The lowest BCUT2D eigenvalue weighted by atomic mass is 9.93. The van der Waals surface area contributed by atoms with Gasteiger partial charge in [0.05, 0.1) is 46.3 Å². The van der Waals surface area contributed by atoms with Gasteiger partial charge in [0.25, 0.3) is 0 Å². The Balaban J connectivity index is 1.73. The van der Waals surface area contributed by atoms with E-state index in [0.29, 0.717) is 63.4 Å². The molecule has 0 aromatic heterocycles. The van der Waals surface area contributed by atoms with Crippen LogP contribution in [0.3, 0.4) is 0 Å². The molecule has 49 heavy (non-hydrogen) atoms. The Kier molecular flexibility index (Phi) is 16.7. The molecule has 0 aromatic rings. The number of hydrogen-bond donors (Lipinski definition) is 3. The first-order valence-corrected chi connectivity index (χ1v) is 17.5. The van der Waals surface area contributed by atoms with Crippen LogP contribution in [0.1, 0.15) is 60.8 Å². The van der Waals surface area contributed by atoms with Crippen LogP contribution >= 0.6 is 0 Å². The standard InChI is InChI=1S/C34H62N8O7/c1-10-39(8)20-32(47)49-31-17-27(43)21-42(31,9)15-14-40(11-2)18-28(44)36-22-33(3,4)24-48-25-34(5,6)23-37-29(45)19-41-30(46)16-26(38-41)12-13-35-7/h31,35H,10-25H2,1-9H3,(H-,36,37,44,45)/p+1/t31-,42?/m0/s1. The lowest BCUT2D eigenvalue weighted by molar-refractivity contribution is -0.936. The zero-order valence-corrected chi connectivity index (χ0v) is 31.5. The van der Waals surface area contributed by atoms with Crippen LogP contribution in [-0.4, -0.2) is 167 Å². The van der Waals surface area contributed by atoms with Gasteiger partial charge in [0.15, 0.2) is 5.78 Å². The highest BCUT2D eigenvalue weighted by molar-refractivity contribution is 6.05. The summed E-state index contributed by atoms with van der Waals surface area (Å²) in [6.07, 6.45) is 0.616. The summed E-state index contributed by atoms with van der Waals surface area (Å²) in [5.41, 5.74) is 0.0945. The van der Waals surface area contributed by atoms with Gasteiger partial charge in [0.1, 0.15) is 19.5 Å². The van der Waals surface area contributed by atoms with E-state index < -0.39 is 6.23 Å². The summed E-state index contributed by atoms with van der Waals surface area (Å²) in [4.78, 5) is 66.3. The Hall–Kier alpha value is -2.98. The van der Waals surface area contributed by atoms with Gasteiger partial charge in [-0.05, 0) is 27.2 Å². The number of hydrazone groups is 1. The first-order valence-electron chi connectivity index (χ1n) is 17.5. The number of Topliss-reactive ketones (excluding diaryl/α,β-unsaturated/α-hetero) is 1. The highest BCUT2D eigenvalue weighted by atomic mass is 16.6. The molecule has 0 saturated carbocycles. The molecule has 15 heteroatoms. The van der Waals surface area contributed by atoms with Crippen LogP contribution < -0.4 is 16.0 Å². The van der Waals surface area contributed by atoms with Gasteiger partial charge in [-0.15, -0.1) is 0 Å². The van der Waals surface area contributed by atoms with Crippen molar-refractivity contribution in [1.29, 1.82) is 0 Å². The van der Waals surface area contributed by atoms with Crippen molar-refractivity contribution >= 4 is 35.2 Å². The molecule has 3 amide bonds. The molecular formula is C34H63N8O7+. The van der Waals surface area contributed by atoms with Gasteiger partial charge >= 0.3 is 5.97 Å². The molecule has 280 valence electrons. The van der Waals surface area contributed by atoms with Gasteiger partial charge in [0, 0.05) is 49.1 Å². The molecule has 3 N–H and O–H groups in total. The largest absolute Gasteiger partial charge is 0.411 e. The van der Waals surface area contributed by atoms with Crippen molar-refractivity contribution in [3.63, 3.8) is 0 Å². The second-order valence-electron chi connectivity index (χ2n) is 15.3. The lowest BCUT2D eigenvalue weighted by Gasteiger charge is -2.36. The normalized spacial score (nSPS) is 19.9. The summed E-state index contributed by atoms with van der Waals surface area (Å²) in [7, 11) is 5.62. The van der Waals surface area contributed by atoms with E-state index in [0.717, 1.165) is 18.8 Å². The fourth-order valence-electron chi connectivity index (χ4n) is 5.51. The molecule has 2 rings (SSSR count). The third-order valence-corrected chi connectivity index (χ3v) is 8.96. The number of amides is 3. The first kappa shape index (κ1) is 42.2. The Morgan fingerprint density at radius 3 is 2.22 bits per heavy atom. The number of quaternary nitrogens is 1. The third-order valence-electron chi connectivity index (χ3n) is 8.96. The lowest BCUT2D eigenvalue weighted by Crippen LogP contribution is -2.54. The summed E-state index contributed by atoms with van der Waals surface area (Å²) < 4.78 is 12.1. The molecule has 0 bridgehead atoms. The molecule has 2 atom stereocenters. The highest BCUT2D eigenvalue weighted by Gasteiger charge is 2.45. The van der Waals surface area contributed by atoms with Gasteiger partial charge in [0.2, 0.25) is 23.9 Å². The Labute approximate surface area is 293 Å². The number of hydrogen-bond acceptors (Lipinski definition) is 11. The van der Waals surface area contributed by atoms with Crippen LogP contribution in [0.5, 0.6) is 0 Å². The summed E-state index contributed by atoms with van der Waals surface area (Å²) in [5.74, 6) is -0.799. The van der Waals surface area contributed by atoms with Crippen molar-refractivity contribution in [2.75, 3.05) is 106 Å². The minimum atomic E-state index is -0.517. The van der Waals surface area contributed by atoms with Crippen LogP contribution in [0.4, 0.5) is 0 Å². The smallest absolute Gasteiger partial charge is 0.324 e. The van der Waals surface area contributed by atoms with Gasteiger partial charge in [-0.2, -0.15) is 5.10 Å². The number of rotatable bonds is 23. The third kappa shape index (κ3) is 15.2. The van der Waals surface area contributed by atoms with Crippen LogP contribution in [0.25, 0.3) is 0 Å². The van der Waals surface area contributed by atoms with Crippen molar-refractivity contribution < 1.29 is 37.9 Å². The van der Waals surface area contributed by atoms with E-state index >= 15 is 0 Å². The SMILES string of the molecule is CCN(C)CC(=O)O[C@H]1CC(=O)C[N+]1(C)CCN(CC)CC(=O)NCC(C)(C)COCC(C)(C)CNC(=O)CN1N=C(CCNC)CC1=O. The fourth-order valence-corrected chi connectivity index (χ4v) is 5.51. The molecule has 0 radical (unpaired) electrons. The number of esters is 1. The van der Waals surface area contributed by atoms with E-state index in [1.54, 1.807) is 0 Å². The number of likely N-dealkylation sites (N-methyl/N-ethyl adjacent to an activating group) is 3. The van der Waals surface area contributed by atoms with Crippen LogP contribution in [-0.2, 0) is 33.4 Å². The van der Waals surface area contributed by atoms with E-state index in [4.69, 9.17) is 9.47 Å². The van der Waals surface area contributed by atoms with Gasteiger partial charge < -0.3 is 25.4 Å². The summed E-state index contributed by atoms with van der Waals surface area (Å²) in [6, 6.07) is 0. The molecule has 0 aliphatic carbocycles. The molecule has 2 aliphatic rings. The molecule has 1 unspecified atom stereocenters. The first-order chi connectivity index (χ1) is 22.9. The average Bonchev–Trinajstić information content (AvgIpc) is 3.51. The molecule has 15 nitrogen and oxygen atoms in total. The number of nitrogens with one attached hydrogen (secondary N) is 3. The quantitative estimate of drug-likeness (QED) is 0.0984. The number of ketones is 1. The monoisotopic (exact) mass is 695 g/mol. The zero-order chi connectivity index (χ0) is 36.8. The maximum atomic E-state index is 12.9. The number of ether oxygens (including phenoxy) is 2. The predicted octanol–water partition coefficient (Wildman–Crippen LogP) is 0.0479. The van der Waals surface area contributed by atoms with E-state index in [1.165, 1.54) is 5.01 Å². The molecule has 0 aromatic carbocycles. The van der Waals surface area contributed by atoms with E-state index in [9.17, 15) is 24.0 Å². The summed E-state index contributed by atoms with van der Waals surface area (Å²) in [6.45, 7) is 17.4. The maximum absolute atomic E-state index is 12.9. The molecule has 0 spiro atoms. The van der Waals surface area contributed by atoms with Crippen molar-refractivity contribution in [3.8, 4) is 0 Å².